The molecule has 0 aromatic rings. The molecule has 0 nitrogen and oxygen atoms in total. The van der Waals surface area contributed by atoms with Gasteiger partial charge in [0.15, 0.2) is 0 Å². The third kappa shape index (κ3) is 7.92. The van der Waals surface area contributed by atoms with Gasteiger partial charge in [0, 0.05) is 0 Å². The summed E-state index contributed by atoms with van der Waals surface area (Å²) in [6.07, 6.45) is 9.81. The van der Waals surface area contributed by atoms with E-state index in [0.29, 0.717) is 5.41 Å². The molecule has 0 saturated carbocycles. The highest BCUT2D eigenvalue weighted by atomic mass is 32.2. The summed E-state index contributed by atoms with van der Waals surface area (Å²) >= 11 is 1.80. The molecule has 0 atom stereocenters. The second kappa shape index (κ2) is 12.6. The van der Waals surface area contributed by atoms with E-state index in [-0.39, 0.29) is 0 Å². The van der Waals surface area contributed by atoms with Crippen LogP contribution in [0.2, 0.25) is 0 Å². The first-order valence-corrected chi connectivity index (χ1v) is 10.7. The van der Waals surface area contributed by atoms with Gasteiger partial charge in [0.05, 0.1) is 0 Å². The molecule has 0 heterocycles. The molecule has 0 fully saturated rings. The van der Waals surface area contributed by atoms with E-state index in [1.807, 2.05) is 5.41 Å². The van der Waals surface area contributed by atoms with Crippen molar-refractivity contribution in [3.63, 3.8) is 0 Å². The number of hydrogen-bond acceptors (Lipinski definition) is 1. The second-order valence-electron chi connectivity index (χ2n) is 7.16. The van der Waals surface area contributed by atoms with E-state index in [1.165, 1.54) is 60.8 Å². The van der Waals surface area contributed by atoms with Crippen molar-refractivity contribution >= 4 is 11.8 Å². The Morgan fingerprint density at radius 2 is 1.62 bits per heavy atom. The number of allylic oxidation sites excluding steroid dienone is 4. The molecule has 0 aromatic carbocycles. The minimum absolute atomic E-state index is 0.425. The molecule has 24 heavy (non-hydrogen) atoms. The summed E-state index contributed by atoms with van der Waals surface area (Å²) in [5.74, 6) is 1.13. The van der Waals surface area contributed by atoms with Gasteiger partial charge in [-0.05, 0) is 73.7 Å². The maximum Gasteiger partial charge on any atom is -0.00230 e. The fraction of sp³-hybridized carbons (Fsp3) is 0.652. The summed E-state index contributed by atoms with van der Waals surface area (Å²) < 4.78 is 0. The zero-order valence-electron chi connectivity index (χ0n) is 17.0. The molecule has 1 heteroatoms. The molecular weight excluding hydrogens is 308 g/mol. The van der Waals surface area contributed by atoms with Crippen molar-refractivity contribution in [3.8, 4) is 0 Å². The van der Waals surface area contributed by atoms with Gasteiger partial charge in [-0.2, -0.15) is 0 Å². The Hall–Kier alpha value is -0.690. The average Bonchev–Trinajstić information content (AvgIpc) is 2.55. The lowest BCUT2D eigenvalue weighted by atomic mass is 9.70. The number of rotatable bonds is 14. The van der Waals surface area contributed by atoms with E-state index in [9.17, 15) is 0 Å². The number of hydrogen-bond donors (Lipinski definition) is 0. The van der Waals surface area contributed by atoms with Gasteiger partial charge >= 0.3 is 0 Å². The van der Waals surface area contributed by atoms with Gasteiger partial charge in [0.25, 0.3) is 0 Å². The lowest BCUT2D eigenvalue weighted by molar-refractivity contribution is 0.221. The zero-order chi connectivity index (χ0) is 18.6. The van der Waals surface area contributed by atoms with Crippen LogP contribution in [0.1, 0.15) is 86.0 Å². The predicted octanol–water partition coefficient (Wildman–Crippen LogP) is 8.48. The molecule has 0 N–H and O–H groups in total. The topological polar surface area (TPSA) is 0 Å². The van der Waals surface area contributed by atoms with Crippen molar-refractivity contribution in [2.45, 2.75) is 86.0 Å². The predicted molar refractivity (Wildman–Crippen MR) is 116 cm³/mol. The summed E-state index contributed by atoms with van der Waals surface area (Å²) in [5, 5.41) is 1.93. The van der Waals surface area contributed by atoms with Crippen molar-refractivity contribution in [2.75, 3.05) is 5.75 Å². The molecule has 138 valence electrons. The molecular formula is C23H40S. The van der Waals surface area contributed by atoms with Crippen LogP contribution in [0.5, 0.6) is 0 Å². The fourth-order valence-corrected chi connectivity index (χ4v) is 4.08. The van der Waals surface area contributed by atoms with Gasteiger partial charge in [-0.15, -0.1) is 11.8 Å². The minimum Gasteiger partial charge on any atom is -0.135 e. The third-order valence-electron chi connectivity index (χ3n) is 5.24. The Morgan fingerprint density at radius 3 is 2.04 bits per heavy atom. The highest BCUT2D eigenvalue weighted by Crippen LogP contribution is 2.43. The van der Waals surface area contributed by atoms with Crippen molar-refractivity contribution in [2.24, 2.45) is 5.41 Å². The van der Waals surface area contributed by atoms with Crippen molar-refractivity contribution in [1.29, 1.82) is 0 Å². The molecule has 0 aliphatic rings. The van der Waals surface area contributed by atoms with Crippen LogP contribution in [-0.4, -0.2) is 5.75 Å². The van der Waals surface area contributed by atoms with E-state index < -0.39 is 0 Å². The molecule has 0 unspecified atom stereocenters. The fourth-order valence-electron chi connectivity index (χ4n) is 3.60. The van der Waals surface area contributed by atoms with E-state index in [4.69, 9.17) is 0 Å². The van der Waals surface area contributed by atoms with Crippen LogP contribution in [0.25, 0.3) is 0 Å². The highest BCUT2D eigenvalue weighted by molar-refractivity contribution is 8.02. The molecule has 0 spiro atoms. The maximum atomic E-state index is 4.46. The molecule has 0 aliphatic carbocycles. The molecule has 0 radical (unpaired) electrons. The molecule has 0 bridgehead atoms. The van der Waals surface area contributed by atoms with E-state index in [0.717, 1.165) is 18.6 Å². The van der Waals surface area contributed by atoms with Crippen LogP contribution in [0, 0.1) is 5.41 Å². The largest absolute Gasteiger partial charge is 0.135 e. The second-order valence-corrected chi connectivity index (χ2v) is 8.23. The zero-order valence-corrected chi connectivity index (χ0v) is 17.8. The van der Waals surface area contributed by atoms with E-state index >= 15 is 0 Å². The Morgan fingerprint density at radius 1 is 1.04 bits per heavy atom. The quantitative estimate of drug-likeness (QED) is 0.224. The van der Waals surface area contributed by atoms with E-state index in [1.54, 1.807) is 11.8 Å². The Kier molecular flexibility index (Phi) is 12.3. The lowest BCUT2D eigenvalue weighted by Crippen LogP contribution is -2.21. The lowest BCUT2D eigenvalue weighted by Gasteiger charge is -2.35. The summed E-state index contributed by atoms with van der Waals surface area (Å²) in [6.45, 7) is 23.8. The first-order chi connectivity index (χ1) is 11.4. The molecule has 0 aromatic heterocycles. The first-order valence-electron chi connectivity index (χ1n) is 9.63. The van der Waals surface area contributed by atoms with Gasteiger partial charge in [-0.3, -0.25) is 0 Å². The standard InChI is InChI=1S/C23H40S/c1-9-15-23(11-3,16-10-2)18-22(21(8)19(5)6)20(7)14-13-17-24-12-4/h12H,4-5,7,9-11,13-18H2,1-3,6,8H3/b22-21+. The van der Waals surface area contributed by atoms with Crippen LogP contribution in [0.15, 0.2) is 47.4 Å². The van der Waals surface area contributed by atoms with Crippen LogP contribution >= 0.6 is 11.8 Å². The summed E-state index contributed by atoms with van der Waals surface area (Å²) in [7, 11) is 0. The van der Waals surface area contributed by atoms with Crippen LogP contribution in [0.3, 0.4) is 0 Å². The first kappa shape index (κ1) is 23.3. The SMILES string of the molecule is C=CSCCCC(=C)/C(CC(CC)(CCC)CCC)=C(\C)C(=C)C. The highest BCUT2D eigenvalue weighted by Gasteiger charge is 2.28. The molecule has 0 saturated heterocycles. The van der Waals surface area contributed by atoms with Crippen LogP contribution in [0.4, 0.5) is 0 Å². The van der Waals surface area contributed by atoms with Gasteiger partial charge in [0.1, 0.15) is 0 Å². The minimum atomic E-state index is 0.425. The summed E-state index contributed by atoms with van der Waals surface area (Å²) in [6, 6.07) is 0. The van der Waals surface area contributed by atoms with Gasteiger partial charge < -0.3 is 0 Å². The van der Waals surface area contributed by atoms with Crippen molar-refractivity contribution in [1.82, 2.24) is 0 Å². The monoisotopic (exact) mass is 348 g/mol. The molecule has 0 amide bonds. The Labute approximate surface area is 156 Å². The molecule has 0 rings (SSSR count). The van der Waals surface area contributed by atoms with Gasteiger partial charge in [-0.25, -0.2) is 0 Å². The maximum absolute atomic E-state index is 4.46. The summed E-state index contributed by atoms with van der Waals surface area (Å²) in [4.78, 5) is 0. The molecule has 0 aliphatic heterocycles. The van der Waals surface area contributed by atoms with E-state index in [2.05, 4.69) is 54.4 Å². The van der Waals surface area contributed by atoms with Crippen molar-refractivity contribution in [3.05, 3.63) is 47.4 Å². The van der Waals surface area contributed by atoms with Crippen LogP contribution in [-0.2, 0) is 0 Å². The van der Waals surface area contributed by atoms with Crippen LogP contribution < -0.4 is 0 Å². The summed E-state index contributed by atoms with van der Waals surface area (Å²) in [5.41, 5.74) is 5.78. The van der Waals surface area contributed by atoms with Crippen molar-refractivity contribution < 1.29 is 0 Å². The smallest absolute Gasteiger partial charge is 0.00230 e. The van der Waals surface area contributed by atoms with Gasteiger partial charge in [0.2, 0.25) is 0 Å². The average molecular weight is 349 g/mol. The Bertz CT molecular complexity index is 433. The number of thioether (sulfide) groups is 1. The normalized spacial score (nSPS) is 12.7. The van der Waals surface area contributed by atoms with Gasteiger partial charge in [-0.1, -0.05) is 70.9 Å². The third-order valence-corrected chi connectivity index (χ3v) is 6.00. The Balaban J connectivity index is 5.40.